The van der Waals surface area contributed by atoms with Gasteiger partial charge in [-0.1, -0.05) is 19.4 Å². The zero-order valence-corrected chi connectivity index (χ0v) is 18.4. The van der Waals surface area contributed by atoms with Crippen LogP contribution in [0.4, 0.5) is 0 Å². The van der Waals surface area contributed by atoms with Gasteiger partial charge in [-0.05, 0) is 55.7 Å². The summed E-state index contributed by atoms with van der Waals surface area (Å²) < 4.78 is 2.11. The van der Waals surface area contributed by atoms with Crippen LogP contribution in [0.3, 0.4) is 0 Å². The Labute approximate surface area is 178 Å². The van der Waals surface area contributed by atoms with Crippen molar-refractivity contribution in [2.75, 3.05) is 0 Å². The number of rotatable bonds is 6. The molecule has 0 radical (unpaired) electrons. The predicted molar refractivity (Wildman–Crippen MR) is 122 cm³/mol. The van der Waals surface area contributed by atoms with Crippen LogP contribution in [0.5, 0.6) is 0 Å². The summed E-state index contributed by atoms with van der Waals surface area (Å²) in [5, 5.41) is 3.42. The largest absolute Gasteiger partial charge is 0.366 e. The molecule has 0 fully saturated rings. The van der Waals surface area contributed by atoms with Crippen LogP contribution in [0.25, 0.3) is 26.6 Å². The fourth-order valence-electron chi connectivity index (χ4n) is 3.60. The third-order valence-electron chi connectivity index (χ3n) is 5.04. The summed E-state index contributed by atoms with van der Waals surface area (Å²) >= 11 is 3.58. The van der Waals surface area contributed by atoms with Crippen LogP contribution in [0.1, 0.15) is 40.0 Å². The molecule has 0 aliphatic rings. The number of hydrogen-bond acceptors (Lipinski definition) is 4. The number of nitrogens with zero attached hydrogens (tertiary/aromatic N) is 2. The molecule has 148 valence electrons. The first-order valence-electron chi connectivity index (χ1n) is 9.61. The SMILES string of the molecule is CCCc1scc(-c2ccc(-n3ccnc3C)s2)c1-c1ccc(C(N)=O)cc1C. The van der Waals surface area contributed by atoms with E-state index < -0.39 is 5.91 Å². The standard InChI is InChI=1S/C23H23N3OS2/c1-4-5-20-22(17-7-6-16(23(24)27)12-14(17)2)18(13-28-20)19-8-9-21(29-19)26-11-10-25-15(26)3/h6-13H,4-5H2,1-3H3,(H2,24,27). The summed E-state index contributed by atoms with van der Waals surface area (Å²) in [6.45, 7) is 6.27. The highest BCUT2D eigenvalue weighted by molar-refractivity contribution is 7.18. The van der Waals surface area contributed by atoms with Crippen molar-refractivity contribution in [3.63, 3.8) is 0 Å². The Balaban J connectivity index is 1.84. The van der Waals surface area contributed by atoms with Gasteiger partial charge in [0.1, 0.15) is 10.8 Å². The molecule has 1 amide bonds. The summed E-state index contributed by atoms with van der Waals surface area (Å²) in [6, 6.07) is 10.1. The molecule has 0 aliphatic heterocycles. The Morgan fingerprint density at radius 3 is 2.66 bits per heavy atom. The number of benzene rings is 1. The molecule has 6 heteroatoms. The van der Waals surface area contributed by atoms with Crippen molar-refractivity contribution in [2.45, 2.75) is 33.6 Å². The highest BCUT2D eigenvalue weighted by Gasteiger charge is 2.19. The molecule has 0 spiro atoms. The van der Waals surface area contributed by atoms with Crippen molar-refractivity contribution in [3.8, 4) is 26.6 Å². The third-order valence-corrected chi connectivity index (χ3v) is 7.21. The lowest BCUT2D eigenvalue weighted by atomic mass is 9.94. The van der Waals surface area contributed by atoms with Crippen LogP contribution in [-0.4, -0.2) is 15.5 Å². The number of hydrogen-bond donors (Lipinski definition) is 1. The lowest BCUT2D eigenvalue weighted by Crippen LogP contribution is -2.11. The second-order valence-electron chi connectivity index (χ2n) is 7.07. The van der Waals surface area contributed by atoms with E-state index in [9.17, 15) is 4.79 Å². The molecule has 0 saturated heterocycles. The van der Waals surface area contributed by atoms with Gasteiger partial charge in [-0.25, -0.2) is 4.98 Å². The molecule has 4 nitrogen and oxygen atoms in total. The smallest absolute Gasteiger partial charge is 0.248 e. The summed E-state index contributed by atoms with van der Waals surface area (Å²) in [5.41, 5.74) is 10.8. The van der Waals surface area contributed by atoms with E-state index in [0.717, 1.165) is 29.2 Å². The highest BCUT2D eigenvalue weighted by atomic mass is 32.1. The lowest BCUT2D eigenvalue weighted by molar-refractivity contribution is 0.1000. The molecule has 0 atom stereocenters. The van der Waals surface area contributed by atoms with Crippen molar-refractivity contribution in [1.29, 1.82) is 0 Å². The van der Waals surface area contributed by atoms with Gasteiger partial charge in [0, 0.05) is 44.2 Å². The Hall–Kier alpha value is -2.70. The molecule has 0 bridgehead atoms. The minimum absolute atomic E-state index is 0.391. The van der Waals surface area contributed by atoms with Crippen LogP contribution in [-0.2, 0) is 6.42 Å². The number of nitrogens with two attached hydrogens (primary N) is 1. The van der Waals surface area contributed by atoms with Gasteiger partial charge in [0.25, 0.3) is 0 Å². The van der Waals surface area contributed by atoms with Crippen LogP contribution in [0, 0.1) is 13.8 Å². The fourth-order valence-corrected chi connectivity index (χ4v) is 5.89. The monoisotopic (exact) mass is 421 g/mol. The second-order valence-corrected chi connectivity index (χ2v) is 9.10. The maximum Gasteiger partial charge on any atom is 0.248 e. The van der Waals surface area contributed by atoms with E-state index in [1.807, 2.05) is 55.8 Å². The normalized spacial score (nSPS) is 11.1. The maximum absolute atomic E-state index is 11.6. The van der Waals surface area contributed by atoms with Crippen molar-refractivity contribution < 1.29 is 4.79 Å². The molecule has 0 aliphatic carbocycles. The number of thiophene rings is 2. The summed E-state index contributed by atoms with van der Waals surface area (Å²) in [6.07, 6.45) is 5.95. The third kappa shape index (κ3) is 3.66. The van der Waals surface area contributed by atoms with Gasteiger partial charge in [0.15, 0.2) is 0 Å². The van der Waals surface area contributed by atoms with Gasteiger partial charge < -0.3 is 5.73 Å². The van der Waals surface area contributed by atoms with E-state index >= 15 is 0 Å². The minimum atomic E-state index is -0.391. The molecule has 3 heterocycles. The quantitative estimate of drug-likeness (QED) is 0.415. The molecule has 0 unspecified atom stereocenters. The van der Waals surface area contributed by atoms with Crippen molar-refractivity contribution in [1.82, 2.24) is 9.55 Å². The van der Waals surface area contributed by atoms with Crippen molar-refractivity contribution in [2.24, 2.45) is 5.73 Å². The highest BCUT2D eigenvalue weighted by Crippen LogP contribution is 2.44. The van der Waals surface area contributed by atoms with E-state index in [-0.39, 0.29) is 0 Å². The molecular weight excluding hydrogens is 398 g/mol. The van der Waals surface area contributed by atoms with E-state index in [4.69, 9.17) is 5.73 Å². The molecule has 2 N–H and O–H groups in total. The number of primary amides is 1. The summed E-state index contributed by atoms with van der Waals surface area (Å²) in [4.78, 5) is 18.5. The molecule has 0 saturated carbocycles. The summed E-state index contributed by atoms with van der Waals surface area (Å²) in [7, 11) is 0. The van der Waals surface area contributed by atoms with Crippen LogP contribution < -0.4 is 5.73 Å². The first kappa shape index (κ1) is 19.6. The van der Waals surface area contributed by atoms with Gasteiger partial charge >= 0.3 is 0 Å². The number of carbonyl (C=O) groups is 1. The second kappa shape index (κ2) is 7.97. The van der Waals surface area contributed by atoms with Crippen molar-refractivity contribution in [3.05, 3.63) is 69.9 Å². The fraction of sp³-hybridized carbons (Fsp3) is 0.217. The number of amides is 1. The van der Waals surface area contributed by atoms with E-state index in [0.29, 0.717) is 5.56 Å². The topological polar surface area (TPSA) is 60.9 Å². The van der Waals surface area contributed by atoms with Gasteiger partial charge in [-0.15, -0.1) is 22.7 Å². The summed E-state index contributed by atoms with van der Waals surface area (Å²) in [5.74, 6) is 0.589. The Kier molecular flexibility index (Phi) is 5.39. The lowest BCUT2D eigenvalue weighted by Gasteiger charge is -2.11. The van der Waals surface area contributed by atoms with Crippen molar-refractivity contribution >= 4 is 28.6 Å². The number of carbonyl (C=O) groups excluding carboxylic acids is 1. The zero-order chi connectivity index (χ0) is 20.5. The van der Waals surface area contributed by atoms with Gasteiger partial charge in [0.05, 0.1) is 0 Å². The Morgan fingerprint density at radius 1 is 1.17 bits per heavy atom. The Bertz CT molecular complexity index is 1180. The van der Waals surface area contributed by atoms with E-state index in [1.165, 1.54) is 26.4 Å². The first-order chi connectivity index (χ1) is 14.0. The average molecular weight is 422 g/mol. The van der Waals surface area contributed by atoms with Gasteiger partial charge in [-0.2, -0.15) is 0 Å². The average Bonchev–Trinajstić information content (AvgIpc) is 3.41. The van der Waals surface area contributed by atoms with Crippen LogP contribution >= 0.6 is 22.7 Å². The molecule has 1 aromatic carbocycles. The van der Waals surface area contributed by atoms with Gasteiger partial charge in [0.2, 0.25) is 5.91 Å². The van der Waals surface area contributed by atoms with Gasteiger partial charge in [-0.3, -0.25) is 9.36 Å². The van der Waals surface area contributed by atoms with Crippen LogP contribution in [0.2, 0.25) is 0 Å². The molecular formula is C23H23N3OS2. The van der Waals surface area contributed by atoms with Crippen LogP contribution in [0.15, 0.2) is 48.1 Å². The number of imidazole rings is 1. The first-order valence-corrected chi connectivity index (χ1v) is 11.3. The molecule has 4 rings (SSSR count). The molecule has 29 heavy (non-hydrogen) atoms. The minimum Gasteiger partial charge on any atom is -0.366 e. The molecule has 3 aromatic heterocycles. The number of aromatic nitrogens is 2. The van der Waals surface area contributed by atoms with E-state index in [2.05, 4.69) is 34.0 Å². The Morgan fingerprint density at radius 2 is 2.00 bits per heavy atom. The zero-order valence-electron chi connectivity index (χ0n) is 16.7. The number of aryl methyl sites for hydroxylation is 3. The molecule has 4 aromatic rings. The van der Waals surface area contributed by atoms with E-state index in [1.54, 1.807) is 11.3 Å². The predicted octanol–water partition coefficient (Wildman–Crippen LogP) is 6.00. The maximum atomic E-state index is 11.6.